The van der Waals surface area contributed by atoms with Crippen molar-refractivity contribution in [2.24, 2.45) is 5.92 Å². The molecule has 0 heterocycles. The second-order valence-electron chi connectivity index (χ2n) is 4.92. The van der Waals surface area contributed by atoms with Crippen molar-refractivity contribution >= 4 is 5.78 Å². The lowest BCUT2D eigenvalue weighted by atomic mass is 9.91. The van der Waals surface area contributed by atoms with E-state index in [1.807, 2.05) is 20.8 Å². The molecule has 0 rings (SSSR count). The lowest BCUT2D eigenvalue weighted by Gasteiger charge is -2.25. The molecule has 0 bridgehead atoms. The first-order chi connectivity index (χ1) is 8.45. The molecule has 0 aliphatic rings. The first kappa shape index (κ1) is 19.9. The van der Waals surface area contributed by atoms with Crippen LogP contribution >= 0.6 is 0 Å². The zero-order valence-corrected chi connectivity index (χ0v) is 13.3. The van der Waals surface area contributed by atoms with Crippen LogP contribution in [0, 0.1) is 5.92 Å². The minimum absolute atomic E-state index is 0.110. The molecule has 3 heteroatoms. The molecule has 0 aliphatic carbocycles. The van der Waals surface area contributed by atoms with E-state index in [1.54, 1.807) is 14.2 Å². The van der Waals surface area contributed by atoms with Crippen LogP contribution in [-0.4, -0.2) is 32.2 Å². The van der Waals surface area contributed by atoms with Gasteiger partial charge in [0.1, 0.15) is 5.78 Å². The van der Waals surface area contributed by atoms with E-state index in [1.165, 1.54) is 0 Å². The first-order valence-corrected chi connectivity index (χ1v) is 7.01. The molecule has 0 radical (unpaired) electrons. The summed E-state index contributed by atoms with van der Waals surface area (Å²) in [5, 5.41) is 0. The van der Waals surface area contributed by atoms with Gasteiger partial charge in [-0.3, -0.25) is 4.79 Å². The zero-order valence-electron chi connectivity index (χ0n) is 13.3. The number of carbonyl (C=O) groups is 1. The largest absolute Gasteiger partial charge is 0.384 e. The quantitative estimate of drug-likeness (QED) is 0.631. The Morgan fingerprint density at radius 3 is 2.17 bits per heavy atom. The fourth-order valence-corrected chi connectivity index (χ4v) is 1.60. The molecule has 0 aliphatic heterocycles. The van der Waals surface area contributed by atoms with Crippen LogP contribution in [0.25, 0.3) is 0 Å². The Kier molecular flexibility index (Phi) is 12.9. The van der Waals surface area contributed by atoms with Crippen molar-refractivity contribution in [1.29, 1.82) is 0 Å². The van der Waals surface area contributed by atoms with E-state index in [9.17, 15) is 4.79 Å². The Balaban J connectivity index is 0. The molecule has 0 aromatic carbocycles. The Morgan fingerprint density at radius 1 is 1.22 bits per heavy atom. The smallest absolute Gasteiger partial charge is 0.133 e. The van der Waals surface area contributed by atoms with Gasteiger partial charge < -0.3 is 9.47 Å². The van der Waals surface area contributed by atoms with E-state index in [2.05, 4.69) is 13.8 Å². The SMILES string of the molecule is CC.CCC(=O)CC(CCC(C)(C)OC)COC. The van der Waals surface area contributed by atoms with Gasteiger partial charge in [-0.1, -0.05) is 20.8 Å². The predicted octanol–water partition coefficient (Wildman–Crippen LogP) is 3.85. The van der Waals surface area contributed by atoms with Gasteiger partial charge in [-0.25, -0.2) is 0 Å². The average molecular weight is 260 g/mol. The third-order valence-corrected chi connectivity index (χ3v) is 3.02. The Labute approximate surface area is 113 Å². The number of ketones is 1. The maximum absolute atomic E-state index is 11.4. The topological polar surface area (TPSA) is 35.5 Å². The molecular weight excluding hydrogens is 228 g/mol. The number of hydrogen-bond donors (Lipinski definition) is 0. The van der Waals surface area contributed by atoms with Gasteiger partial charge in [-0.15, -0.1) is 0 Å². The molecule has 1 unspecified atom stereocenters. The van der Waals surface area contributed by atoms with E-state index in [0.717, 1.165) is 12.8 Å². The second kappa shape index (κ2) is 11.7. The molecule has 0 saturated heterocycles. The molecule has 110 valence electrons. The molecule has 1 atom stereocenters. The molecule has 0 aromatic rings. The summed E-state index contributed by atoms with van der Waals surface area (Å²) in [5.41, 5.74) is -0.110. The second-order valence-corrected chi connectivity index (χ2v) is 4.92. The number of methoxy groups -OCH3 is 2. The maximum atomic E-state index is 11.4. The molecule has 0 aromatic heterocycles. The lowest BCUT2D eigenvalue weighted by Crippen LogP contribution is -2.25. The van der Waals surface area contributed by atoms with Gasteiger partial charge in [0.05, 0.1) is 5.60 Å². The van der Waals surface area contributed by atoms with E-state index in [-0.39, 0.29) is 5.60 Å². The fraction of sp³-hybridized carbons (Fsp3) is 0.933. The highest BCUT2D eigenvalue weighted by Gasteiger charge is 2.20. The van der Waals surface area contributed by atoms with E-state index >= 15 is 0 Å². The highest BCUT2D eigenvalue weighted by molar-refractivity contribution is 5.78. The molecular formula is C15H32O3. The minimum atomic E-state index is -0.110. The summed E-state index contributed by atoms with van der Waals surface area (Å²) >= 11 is 0. The molecule has 0 saturated carbocycles. The number of rotatable bonds is 9. The summed E-state index contributed by atoms with van der Waals surface area (Å²) in [5.74, 6) is 0.643. The standard InChI is InChI=1S/C13H26O3.C2H6/c1-6-12(14)9-11(10-15-4)7-8-13(2,3)16-5;1-2/h11H,6-10H2,1-5H3;1-2H3. The molecule has 18 heavy (non-hydrogen) atoms. The summed E-state index contributed by atoms with van der Waals surface area (Å²) in [6.07, 6.45) is 3.17. The van der Waals surface area contributed by atoms with E-state index in [0.29, 0.717) is 31.1 Å². The van der Waals surface area contributed by atoms with Gasteiger partial charge in [0.25, 0.3) is 0 Å². The van der Waals surface area contributed by atoms with Crippen molar-refractivity contribution in [3.05, 3.63) is 0 Å². The molecule has 0 spiro atoms. The monoisotopic (exact) mass is 260 g/mol. The number of ether oxygens (including phenoxy) is 2. The lowest BCUT2D eigenvalue weighted by molar-refractivity contribution is -0.120. The van der Waals surface area contributed by atoms with Crippen LogP contribution < -0.4 is 0 Å². The summed E-state index contributed by atoms with van der Waals surface area (Å²) in [4.78, 5) is 11.4. The first-order valence-electron chi connectivity index (χ1n) is 7.01. The van der Waals surface area contributed by atoms with Crippen LogP contribution in [-0.2, 0) is 14.3 Å². The van der Waals surface area contributed by atoms with Crippen LogP contribution in [0.4, 0.5) is 0 Å². The normalized spacial score (nSPS) is 12.6. The molecule has 0 N–H and O–H groups in total. The summed E-state index contributed by atoms with van der Waals surface area (Å²) in [6, 6.07) is 0. The Hall–Kier alpha value is -0.410. The summed E-state index contributed by atoms with van der Waals surface area (Å²) in [6.45, 7) is 10.7. The molecule has 3 nitrogen and oxygen atoms in total. The highest BCUT2D eigenvalue weighted by Crippen LogP contribution is 2.21. The Morgan fingerprint density at radius 2 is 1.78 bits per heavy atom. The van der Waals surface area contributed by atoms with Crippen molar-refractivity contribution in [1.82, 2.24) is 0 Å². The van der Waals surface area contributed by atoms with Crippen molar-refractivity contribution in [2.45, 2.75) is 65.9 Å². The van der Waals surface area contributed by atoms with Gasteiger partial charge in [0.2, 0.25) is 0 Å². The van der Waals surface area contributed by atoms with Gasteiger partial charge in [-0.05, 0) is 32.6 Å². The molecule has 0 amide bonds. The number of carbonyl (C=O) groups excluding carboxylic acids is 1. The highest BCUT2D eigenvalue weighted by atomic mass is 16.5. The van der Waals surface area contributed by atoms with Crippen LogP contribution in [0.2, 0.25) is 0 Å². The van der Waals surface area contributed by atoms with Crippen LogP contribution in [0.1, 0.15) is 60.3 Å². The van der Waals surface area contributed by atoms with E-state index in [4.69, 9.17) is 9.47 Å². The van der Waals surface area contributed by atoms with Gasteiger partial charge in [0.15, 0.2) is 0 Å². The Bertz CT molecular complexity index is 200. The third kappa shape index (κ3) is 10.7. The minimum Gasteiger partial charge on any atom is -0.384 e. The summed E-state index contributed by atoms with van der Waals surface area (Å²) < 4.78 is 10.5. The van der Waals surface area contributed by atoms with Crippen molar-refractivity contribution in [3.8, 4) is 0 Å². The van der Waals surface area contributed by atoms with E-state index < -0.39 is 0 Å². The van der Waals surface area contributed by atoms with Crippen LogP contribution in [0.5, 0.6) is 0 Å². The van der Waals surface area contributed by atoms with Gasteiger partial charge in [-0.2, -0.15) is 0 Å². The van der Waals surface area contributed by atoms with Gasteiger partial charge in [0, 0.05) is 33.7 Å². The number of hydrogen-bond acceptors (Lipinski definition) is 3. The fourth-order valence-electron chi connectivity index (χ4n) is 1.60. The van der Waals surface area contributed by atoms with Gasteiger partial charge >= 0.3 is 0 Å². The predicted molar refractivity (Wildman–Crippen MR) is 77.0 cm³/mol. The third-order valence-electron chi connectivity index (χ3n) is 3.02. The van der Waals surface area contributed by atoms with Crippen LogP contribution in [0.3, 0.4) is 0 Å². The van der Waals surface area contributed by atoms with Crippen molar-refractivity contribution in [2.75, 3.05) is 20.8 Å². The van der Waals surface area contributed by atoms with Crippen molar-refractivity contribution < 1.29 is 14.3 Å². The number of Topliss-reactive ketones (excluding diaryl/α,β-unsaturated/α-hetero) is 1. The zero-order chi connectivity index (χ0) is 14.6. The summed E-state index contributed by atoms with van der Waals surface area (Å²) in [7, 11) is 3.41. The van der Waals surface area contributed by atoms with Crippen molar-refractivity contribution in [3.63, 3.8) is 0 Å². The maximum Gasteiger partial charge on any atom is 0.133 e. The average Bonchev–Trinajstić information content (AvgIpc) is 2.38. The molecule has 0 fully saturated rings. The van der Waals surface area contributed by atoms with Crippen LogP contribution in [0.15, 0.2) is 0 Å².